The van der Waals surface area contributed by atoms with Crippen molar-refractivity contribution >= 4 is 44.1 Å². The first-order chi connectivity index (χ1) is 21.5. The number of nitrogens with one attached hydrogen (secondary N) is 2. The van der Waals surface area contributed by atoms with E-state index >= 15 is 0 Å². The third-order valence-corrected chi connectivity index (χ3v) is 9.48. The van der Waals surface area contributed by atoms with E-state index in [4.69, 9.17) is 4.74 Å². The summed E-state index contributed by atoms with van der Waals surface area (Å²) in [6, 6.07) is 23.7. The number of urea groups is 1. The zero-order valence-electron chi connectivity index (χ0n) is 25.7. The van der Waals surface area contributed by atoms with Gasteiger partial charge in [0.25, 0.3) is 15.9 Å². The second-order valence-corrected chi connectivity index (χ2v) is 13.3. The fourth-order valence-corrected chi connectivity index (χ4v) is 6.38. The molecular weight excluding hydrogens is 592 g/mol. The highest BCUT2D eigenvalue weighted by Crippen LogP contribution is 2.32. The number of hydrogen-bond donors (Lipinski definition) is 3. The molecule has 0 radical (unpaired) electrons. The Balaban J connectivity index is 1.40. The molecule has 0 aliphatic carbocycles. The van der Waals surface area contributed by atoms with Crippen molar-refractivity contribution in [1.82, 2.24) is 9.80 Å². The number of ether oxygens (including phenoxy) is 1. The van der Waals surface area contributed by atoms with E-state index in [-0.39, 0.29) is 53.5 Å². The Morgan fingerprint density at radius 2 is 1.78 bits per heavy atom. The van der Waals surface area contributed by atoms with Gasteiger partial charge in [0.05, 0.1) is 35.3 Å². The zero-order valence-corrected chi connectivity index (χ0v) is 26.5. The number of aliphatic hydroxyl groups is 1. The van der Waals surface area contributed by atoms with Crippen molar-refractivity contribution in [2.45, 2.75) is 37.8 Å². The lowest BCUT2D eigenvalue weighted by Gasteiger charge is -2.38. The molecule has 0 unspecified atom stereocenters. The largest absolute Gasteiger partial charge is 0.487 e. The average molecular weight is 631 g/mol. The smallest absolute Gasteiger partial charge is 0.321 e. The molecule has 0 fully saturated rings. The number of aryl methyl sites for hydroxylation is 1. The number of rotatable bonds is 8. The highest BCUT2D eigenvalue weighted by atomic mass is 32.2. The number of carbonyl (C=O) groups is 2. The number of fused-ring (bicyclic) bond motifs is 2. The molecule has 1 aliphatic heterocycles. The van der Waals surface area contributed by atoms with Crippen LogP contribution in [0.2, 0.25) is 0 Å². The monoisotopic (exact) mass is 630 g/mol. The Kier molecular flexibility index (Phi) is 9.31. The second kappa shape index (κ2) is 13.2. The fourth-order valence-electron chi connectivity index (χ4n) is 5.33. The lowest BCUT2D eigenvalue weighted by atomic mass is 9.99. The SMILES string of the molecule is Cc1ccc(S(=O)(=O)Nc2ccc3c(c2)C(=O)N([C@@H](C)CO)C[C@@H](C)[C@H](CN(C)C(=O)Nc2cccc4ccccc24)O3)cc1. The fraction of sp³-hybridized carbons (Fsp3) is 0.294. The summed E-state index contributed by atoms with van der Waals surface area (Å²) in [4.78, 5) is 30.3. The number of amides is 3. The summed E-state index contributed by atoms with van der Waals surface area (Å²) in [5.74, 6) is -0.355. The summed E-state index contributed by atoms with van der Waals surface area (Å²) in [6.07, 6.45) is -0.524. The van der Waals surface area contributed by atoms with Crippen molar-refractivity contribution < 1.29 is 27.9 Å². The number of aliphatic hydroxyl groups excluding tert-OH is 1. The summed E-state index contributed by atoms with van der Waals surface area (Å²) < 4.78 is 35.1. The van der Waals surface area contributed by atoms with Crippen molar-refractivity contribution in [1.29, 1.82) is 0 Å². The Labute approximate surface area is 263 Å². The lowest BCUT2D eigenvalue weighted by molar-refractivity contribution is 0.0371. The van der Waals surface area contributed by atoms with Crippen LogP contribution in [0.3, 0.4) is 0 Å². The van der Waals surface area contributed by atoms with E-state index in [0.29, 0.717) is 5.69 Å². The molecule has 3 N–H and O–H groups in total. The molecule has 236 valence electrons. The first-order valence-corrected chi connectivity index (χ1v) is 16.3. The van der Waals surface area contributed by atoms with Crippen molar-refractivity contribution in [2.75, 3.05) is 36.8 Å². The van der Waals surface area contributed by atoms with Gasteiger partial charge in [0.2, 0.25) is 0 Å². The van der Waals surface area contributed by atoms with Crippen molar-refractivity contribution in [2.24, 2.45) is 5.92 Å². The van der Waals surface area contributed by atoms with Gasteiger partial charge in [-0.1, -0.05) is 61.0 Å². The van der Waals surface area contributed by atoms with Crippen LogP contribution in [0.5, 0.6) is 5.75 Å². The van der Waals surface area contributed by atoms with Crippen LogP contribution >= 0.6 is 0 Å². The molecule has 0 saturated heterocycles. The lowest BCUT2D eigenvalue weighted by Crippen LogP contribution is -2.50. The molecule has 0 spiro atoms. The van der Waals surface area contributed by atoms with Crippen LogP contribution in [0.1, 0.15) is 29.8 Å². The summed E-state index contributed by atoms with van der Waals surface area (Å²) in [6.45, 7) is 5.74. The highest BCUT2D eigenvalue weighted by molar-refractivity contribution is 7.92. The topological polar surface area (TPSA) is 128 Å². The van der Waals surface area contributed by atoms with Gasteiger partial charge in [0.1, 0.15) is 11.9 Å². The molecule has 0 bridgehead atoms. The summed E-state index contributed by atoms with van der Waals surface area (Å²) in [5, 5.41) is 14.9. The van der Waals surface area contributed by atoms with E-state index < -0.39 is 28.1 Å². The van der Waals surface area contributed by atoms with Crippen molar-refractivity contribution in [3.05, 3.63) is 96.1 Å². The standard InChI is InChI=1S/C34H38N4O6S/c1-22-12-15-27(16-13-22)45(42,43)36-26-14-17-31-29(18-26)33(40)38(24(3)21-39)19-23(2)32(44-31)20-37(4)34(41)35-30-11-7-9-25-8-5-6-10-28(25)30/h5-18,23-24,32,36,39H,19-21H2,1-4H3,(H,35,41)/t23-,24+,32+/m1/s1. The molecule has 3 atom stereocenters. The van der Waals surface area contributed by atoms with E-state index in [2.05, 4.69) is 10.0 Å². The summed E-state index contributed by atoms with van der Waals surface area (Å²) in [7, 11) is -2.24. The van der Waals surface area contributed by atoms with Gasteiger partial charge < -0.3 is 25.0 Å². The van der Waals surface area contributed by atoms with E-state index in [9.17, 15) is 23.1 Å². The summed E-state index contributed by atoms with van der Waals surface area (Å²) >= 11 is 0. The number of hydrogen-bond acceptors (Lipinski definition) is 6. The third kappa shape index (κ3) is 7.05. The Hall–Kier alpha value is -4.61. The van der Waals surface area contributed by atoms with Gasteiger partial charge >= 0.3 is 6.03 Å². The minimum absolute atomic E-state index is 0.0941. The molecular formula is C34H38N4O6S. The van der Waals surface area contributed by atoms with Crippen LogP contribution in [-0.2, 0) is 10.0 Å². The number of likely N-dealkylation sites (N-methyl/N-ethyl adjacent to an activating group) is 1. The van der Waals surface area contributed by atoms with Gasteiger partial charge in [-0.15, -0.1) is 0 Å². The van der Waals surface area contributed by atoms with Gasteiger partial charge in [-0.05, 0) is 55.6 Å². The number of sulfonamides is 1. The van der Waals surface area contributed by atoms with Crippen LogP contribution in [0.4, 0.5) is 16.2 Å². The molecule has 10 nitrogen and oxygen atoms in total. The minimum atomic E-state index is -3.92. The van der Waals surface area contributed by atoms with Crippen molar-refractivity contribution in [3.8, 4) is 5.75 Å². The third-order valence-electron chi connectivity index (χ3n) is 8.08. The predicted molar refractivity (Wildman–Crippen MR) is 175 cm³/mol. The molecule has 4 aromatic carbocycles. The van der Waals surface area contributed by atoms with Gasteiger partial charge in [0, 0.05) is 30.6 Å². The van der Waals surface area contributed by atoms with E-state index in [0.717, 1.165) is 16.3 Å². The number of anilines is 2. The van der Waals surface area contributed by atoms with Gasteiger partial charge in [-0.25, -0.2) is 13.2 Å². The van der Waals surface area contributed by atoms with Gasteiger partial charge in [-0.2, -0.15) is 0 Å². The molecule has 0 saturated carbocycles. The van der Waals surface area contributed by atoms with Gasteiger partial charge in [-0.3, -0.25) is 9.52 Å². The molecule has 5 rings (SSSR count). The molecule has 3 amide bonds. The number of benzene rings is 4. The molecule has 1 aliphatic rings. The van der Waals surface area contributed by atoms with Crippen molar-refractivity contribution in [3.63, 3.8) is 0 Å². The van der Waals surface area contributed by atoms with Gasteiger partial charge in [0.15, 0.2) is 0 Å². The highest BCUT2D eigenvalue weighted by Gasteiger charge is 2.34. The van der Waals surface area contributed by atoms with Crippen LogP contribution in [0.15, 0.2) is 89.8 Å². The summed E-state index contributed by atoms with van der Waals surface area (Å²) in [5.41, 5.74) is 1.96. The zero-order chi connectivity index (χ0) is 32.3. The van der Waals surface area contributed by atoms with Crippen LogP contribution in [-0.4, -0.2) is 74.2 Å². The van der Waals surface area contributed by atoms with Crippen LogP contribution in [0.25, 0.3) is 10.8 Å². The minimum Gasteiger partial charge on any atom is -0.487 e. The average Bonchev–Trinajstić information content (AvgIpc) is 3.02. The quantitative estimate of drug-likeness (QED) is 0.241. The molecule has 45 heavy (non-hydrogen) atoms. The number of carbonyl (C=O) groups excluding carboxylic acids is 2. The van der Waals surface area contributed by atoms with E-state index in [1.54, 1.807) is 37.1 Å². The molecule has 1 heterocycles. The van der Waals surface area contributed by atoms with E-state index in [1.807, 2.05) is 56.3 Å². The van der Waals surface area contributed by atoms with Crippen LogP contribution < -0.4 is 14.8 Å². The normalized spacial score (nSPS) is 17.4. The second-order valence-electron chi connectivity index (χ2n) is 11.6. The first kappa shape index (κ1) is 31.8. The molecule has 11 heteroatoms. The maximum atomic E-state index is 13.8. The molecule has 0 aromatic heterocycles. The Morgan fingerprint density at radius 1 is 1.07 bits per heavy atom. The Morgan fingerprint density at radius 3 is 2.51 bits per heavy atom. The predicted octanol–water partition coefficient (Wildman–Crippen LogP) is 5.33. The van der Waals surface area contributed by atoms with E-state index in [1.165, 1.54) is 29.2 Å². The number of nitrogens with zero attached hydrogens (tertiary/aromatic N) is 2. The maximum absolute atomic E-state index is 13.8. The Bertz CT molecular complexity index is 1810. The van der Waals surface area contributed by atoms with Crippen LogP contribution in [0, 0.1) is 12.8 Å². The maximum Gasteiger partial charge on any atom is 0.321 e. The first-order valence-electron chi connectivity index (χ1n) is 14.8. The molecule has 4 aromatic rings.